The van der Waals surface area contributed by atoms with Crippen molar-refractivity contribution in [2.75, 3.05) is 5.73 Å². The number of nitrogens with two attached hydrogens (primary N) is 1. The largest absolute Gasteiger partial charge is 0.384 e. The minimum absolute atomic E-state index is 0.500. The topological polar surface area (TPSA) is 69.6 Å². The third kappa shape index (κ3) is 1.60. The molecule has 0 aliphatic carbocycles. The Morgan fingerprint density at radius 2 is 2.11 bits per heavy atom. The summed E-state index contributed by atoms with van der Waals surface area (Å²) in [6.07, 6.45) is 3.53. The lowest BCUT2D eigenvalue weighted by molar-refractivity contribution is 0.793. The first-order valence-electron chi connectivity index (χ1n) is 5.82. The number of nitrogen functional groups attached to an aromatic ring is 1. The molecule has 0 amide bonds. The molecule has 0 spiro atoms. The Labute approximate surface area is 104 Å². The summed E-state index contributed by atoms with van der Waals surface area (Å²) in [6, 6.07) is 7.53. The van der Waals surface area contributed by atoms with Gasteiger partial charge in [-0.15, -0.1) is 0 Å². The molecule has 3 aromatic heterocycles. The second kappa shape index (κ2) is 4.10. The Bertz CT molecular complexity index is 701. The molecular formula is C13H13N5. The zero-order valence-electron chi connectivity index (χ0n) is 10.0. The Morgan fingerprint density at radius 1 is 1.22 bits per heavy atom. The molecule has 0 radical (unpaired) electrons. The van der Waals surface area contributed by atoms with Crippen LogP contribution in [0.2, 0.25) is 0 Å². The predicted octanol–water partition coefficient (Wildman–Crippen LogP) is 2.10. The van der Waals surface area contributed by atoms with E-state index in [1.54, 1.807) is 18.5 Å². The predicted molar refractivity (Wildman–Crippen MR) is 70.8 cm³/mol. The van der Waals surface area contributed by atoms with Crippen LogP contribution in [0.15, 0.2) is 36.7 Å². The van der Waals surface area contributed by atoms with Gasteiger partial charge in [-0.05, 0) is 25.1 Å². The van der Waals surface area contributed by atoms with Gasteiger partial charge in [0.05, 0.1) is 11.7 Å². The van der Waals surface area contributed by atoms with Crippen LogP contribution >= 0.6 is 0 Å². The number of pyridine rings is 2. The first-order chi connectivity index (χ1) is 8.79. The van der Waals surface area contributed by atoms with Gasteiger partial charge in [0.15, 0.2) is 5.82 Å². The lowest BCUT2D eigenvalue weighted by Gasteiger charge is -2.05. The molecule has 0 fully saturated rings. The van der Waals surface area contributed by atoms with E-state index in [2.05, 4.69) is 26.4 Å². The summed E-state index contributed by atoms with van der Waals surface area (Å²) in [5.41, 5.74) is 8.44. The molecule has 3 rings (SSSR count). The molecule has 5 nitrogen and oxygen atoms in total. The van der Waals surface area contributed by atoms with Crippen LogP contribution < -0.4 is 5.73 Å². The molecule has 0 unspecified atom stereocenters. The third-order valence-corrected chi connectivity index (χ3v) is 2.87. The van der Waals surface area contributed by atoms with Crippen molar-refractivity contribution in [3.8, 4) is 11.5 Å². The van der Waals surface area contributed by atoms with Gasteiger partial charge in [0, 0.05) is 12.7 Å². The van der Waals surface area contributed by atoms with Gasteiger partial charge in [0.2, 0.25) is 0 Å². The van der Waals surface area contributed by atoms with Gasteiger partial charge < -0.3 is 10.3 Å². The van der Waals surface area contributed by atoms with Crippen molar-refractivity contribution in [1.29, 1.82) is 0 Å². The Kier molecular flexibility index (Phi) is 2.44. The van der Waals surface area contributed by atoms with E-state index >= 15 is 0 Å². The number of aromatic nitrogens is 4. The van der Waals surface area contributed by atoms with Gasteiger partial charge >= 0.3 is 0 Å². The van der Waals surface area contributed by atoms with Crippen molar-refractivity contribution in [3.05, 3.63) is 36.7 Å². The Balaban J connectivity index is 2.28. The molecular weight excluding hydrogens is 226 g/mol. The van der Waals surface area contributed by atoms with Crippen LogP contribution in [0.1, 0.15) is 6.92 Å². The van der Waals surface area contributed by atoms with Crippen LogP contribution in [-0.2, 0) is 6.54 Å². The van der Waals surface area contributed by atoms with Gasteiger partial charge in [-0.2, -0.15) is 0 Å². The minimum Gasteiger partial charge on any atom is -0.384 e. The summed E-state index contributed by atoms with van der Waals surface area (Å²) >= 11 is 0. The Hall–Kier alpha value is -2.43. The summed E-state index contributed by atoms with van der Waals surface area (Å²) < 4.78 is 2.11. The average molecular weight is 239 g/mol. The van der Waals surface area contributed by atoms with Crippen LogP contribution in [-0.4, -0.2) is 19.5 Å². The maximum Gasteiger partial charge on any atom is 0.159 e. The van der Waals surface area contributed by atoms with E-state index in [0.29, 0.717) is 5.82 Å². The fraction of sp³-hybridized carbons (Fsp3) is 0.154. The average Bonchev–Trinajstić information content (AvgIpc) is 2.77. The molecule has 2 N–H and O–H groups in total. The summed E-state index contributed by atoms with van der Waals surface area (Å²) in [5, 5.41) is 0. The quantitative estimate of drug-likeness (QED) is 0.743. The first kappa shape index (κ1) is 10.7. The van der Waals surface area contributed by atoms with E-state index in [0.717, 1.165) is 29.1 Å². The van der Waals surface area contributed by atoms with Crippen LogP contribution in [0.4, 0.5) is 5.82 Å². The van der Waals surface area contributed by atoms with Crippen molar-refractivity contribution < 1.29 is 0 Å². The fourth-order valence-electron chi connectivity index (χ4n) is 2.07. The number of nitrogens with zero attached hydrogens (tertiary/aromatic N) is 4. The number of hydrogen-bond acceptors (Lipinski definition) is 4. The van der Waals surface area contributed by atoms with Gasteiger partial charge in [-0.3, -0.25) is 4.98 Å². The molecule has 3 heterocycles. The van der Waals surface area contributed by atoms with E-state index in [9.17, 15) is 0 Å². The number of rotatable bonds is 2. The summed E-state index contributed by atoms with van der Waals surface area (Å²) in [7, 11) is 0. The monoisotopic (exact) mass is 239 g/mol. The molecule has 0 saturated heterocycles. The Morgan fingerprint density at radius 3 is 2.89 bits per heavy atom. The maximum absolute atomic E-state index is 5.72. The van der Waals surface area contributed by atoms with Crippen molar-refractivity contribution in [2.24, 2.45) is 0 Å². The molecule has 0 aliphatic heterocycles. The minimum atomic E-state index is 0.500. The number of anilines is 1. The number of imidazole rings is 1. The molecule has 0 atom stereocenters. The zero-order valence-corrected chi connectivity index (χ0v) is 10.0. The zero-order chi connectivity index (χ0) is 12.5. The standard InChI is InChI=1S/C13H13N5/c1-2-18-11-6-7-15-8-10(11)17-13(18)9-4-3-5-12(14)16-9/h3-8H,2H2,1H3,(H2,14,16). The molecule has 0 aliphatic rings. The number of fused-ring (bicyclic) bond motifs is 1. The van der Waals surface area contributed by atoms with E-state index in [4.69, 9.17) is 5.73 Å². The molecule has 5 heteroatoms. The van der Waals surface area contributed by atoms with E-state index in [1.807, 2.05) is 18.2 Å². The third-order valence-electron chi connectivity index (χ3n) is 2.87. The SMILES string of the molecule is CCn1c(-c2cccc(N)n2)nc2cnccc21. The van der Waals surface area contributed by atoms with Crippen LogP contribution in [0.25, 0.3) is 22.6 Å². The highest BCUT2D eigenvalue weighted by Gasteiger charge is 2.12. The molecule has 0 aromatic carbocycles. The highest BCUT2D eigenvalue weighted by molar-refractivity contribution is 5.79. The van der Waals surface area contributed by atoms with Gasteiger partial charge in [-0.1, -0.05) is 6.07 Å². The number of aryl methyl sites for hydroxylation is 1. The van der Waals surface area contributed by atoms with E-state index < -0.39 is 0 Å². The van der Waals surface area contributed by atoms with E-state index in [1.165, 1.54) is 0 Å². The second-order valence-electron chi connectivity index (χ2n) is 3.99. The maximum atomic E-state index is 5.72. The van der Waals surface area contributed by atoms with Gasteiger partial charge in [0.1, 0.15) is 17.0 Å². The highest BCUT2D eigenvalue weighted by atomic mass is 15.1. The molecule has 0 bridgehead atoms. The molecule has 18 heavy (non-hydrogen) atoms. The van der Waals surface area contributed by atoms with Gasteiger partial charge in [-0.25, -0.2) is 9.97 Å². The van der Waals surface area contributed by atoms with Crippen LogP contribution in [0, 0.1) is 0 Å². The number of hydrogen-bond donors (Lipinski definition) is 1. The lowest BCUT2D eigenvalue weighted by atomic mass is 10.3. The summed E-state index contributed by atoms with van der Waals surface area (Å²) in [6.45, 7) is 2.91. The lowest BCUT2D eigenvalue weighted by Crippen LogP contribution is -2.00. The second-order valence-corrected chi connectivity index (χ2v) is 3.99. The van der Waals surface area contributed by atoms with Crippen molar-refractivity contribution >= 4 is 16.9 Å². The van der Waals surface area contributed by atoms with Crippen LogP contribution in [0.5, 0.6) is 0 Å². The molecule has 0 saturated carbocycles. The first-order valence-corrected chi connectivity index (χ1v) is 5.82. The van der Waals surface area contributed by atoms with Crippen molar-refractivity contribution in [2.45, 2.75) is 13.5 Å². The fourth-order valence-corrected chi connectivity index (χ4v) is 2.07. The van der Waals surface area contributed by atoms with E-state index in [-0.39, 0.29) is 0 Å². The molecule has 3 aromatic rings. The molecule has 90 valence electrons. The smallest absolute Gasteiger partial charge is 0.159 e. The van der Waals surface area contributed by atoms with Gasteiger partial charge in [0.25, 0.3) is 0 Å². The summed E-state index contributed by atoms with van der Waals surface area (Å²) in [4.78, 5) is 13.0. The normalized spacial score (nSPS) is 10.9. The van der Waals surface area contributed by atoms with Crippen molar-refractivity contribution in [1.82, 2.24) is 19.5 Å². The van der Waals surface area contributed by atoms with Crippen LogP contribution in [0.3, 0.4) is 0 Å². The van der Waals surface area contributed by atoms with Crippen molar-refractivity contribution in [3.63, 3.8) is 0 Å². The highest BCUT2D eigenvalue weighted by Crippen LogP contribution is 2.23. The summed E-state index contributed by atoms with van der Waals surface area (Å²) in [5.74, 6) is 1.33.